The fourth-order valence-corrected chi connectivity index (χ4v) is 0.928. The van der Waals surface area contributed by atoms with E-state index in [2.05, 4.69) is 17.2 Å². The fourth-order valence-electron chi connectivity index (χ4n) is 0.928. The molecule has 1 radical (unpaired) electrons. The minimum absolute atomic E-state index is 1.15. The second-order valence-corrected chi connectivity index (χ2v) is 2.00. The maximum absolute atomic E-state index is 2.99. The van der Waals surface area contributed by atoms with Crippen LogP contribution in [0, 0.1) is 6.20 Å². The number of rotatable bonds is 0. The van der Waals surface area contributed by atoms with Crippen molar-refractivity contribution in [2.75, 3.05) is 0 Å². The lowest BCUT2D eigenvalue weighted by Gasteiger charge is -1.81. The molecule has 0 saturated carbocycles. The van der Waals surface area contributed by atoms with Crippen molar-refractivity contribution in [3.63, 3.8) is 0 Å². The molecule has 0 aliphatic heterocycles. The average molecular weight is 116 g/mol. The number of aromatic nitrogens is 1. The van der Waals surface area contributed by atoms with E-state index in [-0.39, 0.29) is 0 Å². The summed E-state index contributed by atoms with van der Waals surface area (Å²) in [7, 11) is 0. The van der Waals surface area contributed by atoms with Gasteiger partial charge < -0.3 is 4.98 Å². The first-order valence-electron chi connectivity index (χ1n) is 2.90. The minimum Gasteiger partial charge on any atom is -0.359 e. The standard InChI is InChI=1S/C8H6N/c1-2-4-8-6-9-5-7(8)3-1/h1-5,9H. The first kappa shape index (κ1) is 4.62. The number of fused-ring (bicyclic) bond motifs is 1. The molecule has 2 rings (SSSR count). The molecule has 1 aromatic heterocycles. The second kappa shape index (κ2) is 1.62. The third kappa shape index (κ3) is 0.617. The van der Waals surface area contributed by atoms with E-state index in [1.165, 1.54) is 5.39 Å². The van der Waals surface area contributed by atoms with Gasteiger partial charge in [-0.25, -0.2) is 0 Å². The molecule has 2 aromatic rings. The Kier molecular flexibility index (Phi) is 0.833. The molecule has 43 valence electrons. The predicted molar refractivity (Wildman–Crippen MR) is 37.1 cm³/mol. The van der Waals surface area contributed by atoms with Crippen molar-refractivity contribution in [1.82, 2.24) is 4.98 Å². The van der Waals surface area contributed by atoms with Crippen molar-refractivity contribution in [3.05, 3.63) is 36.7 Å². The molecule has 1 N–H and O–H groups in total. The van der Waals surface area contributed by atoms with Crippen LogP contribution in [0.4, 0.5) is 0 Å². The van der Waals surface area contributed by atoms with Crippen molar-refractivity contribution in [3.8, 4) is 0 Å². The van der Waals surface area contributed by atoms with Crippen molar-refractivity contribution < 1.29 is 0 Å². The maximum Gasteiger partial charge on any atom is 0.0705 e. The van der Waals surface area contributed by atoms with Crippen LogP contribution in [-0.2, 0) is 0 Å². The highest BCUT2D eigenvalue weighted by molar-refractivity contribution is 5.80. The lowest BCUT2D eigenvalue weighted by molar-refractivity contribution is 1.41. The average Bonchev–Trinajstić information content (AvgIpc) is 2.33. The summed E-state index contributed by atoms with van der Waals surface area (Å²) in [4.78, 5) is 2.91. The summed E-state index contributed by atoms with van der Waals surface area (Å²) in [6.07, 6.45) is 4.93. The molecule has 0 amide bonds. The summed E-state index contributed by atoms with van der Waals surface area (Å²) in [5.74, 6) is 0. The molecule has 0 spiro atoms. The van der Waals surface area contributed by atoms with E-state index in [9.17, 15) is 0 Å². The van der Waals surface area contributed by atoms with Gasteiger partial charge in [0, 0.05) is 11.6 Å². The van der Waals surface area contributed by atoms with Gasteiger partial charge >= 0.3 is 0 Å². The Morgan fingerprint density at radius 1 is 1.22 bits per heavy atom. The Bertz CT molecular complexity index is 279. The van der Waals surface area contributed by atoms with Gasteiger partial charge in [0.25, 0.3) is 0 Å². The van der Waals surface area contributed by atoms with E-state index in [0.717, 1.165) is 5.39 Å². The van der Waals surface area contributed by atoms with Crippen LogP contribution < -0.4 is 0 Å². The van der Waals surface area contributed by atoms with Gasteiger partial charge in [-0.15, -0.1) is 0 Å². The van der Waals surface area contributed by atoms with Crippen LogP contribution in [0.25, 0.3) is 10.8 Å². The third-order valence-electron chi connectivity index (χ3n) is 1.40. The Labute approximate surface area is 53.3 Å². The van der Waals surface area contributed by atoms with Crippen LogP contribution >= 0.6 is 0 Å². The number of hydrogen-bond donors (Lipinski definition) is 1. The highest BCUT2D eigenvalue weighted by Gasteiger charge is 1.87. The second-order valence-electron chi connectivity index (χ2n) is 2.00. The Balaban J connectivity index is 2.95. The van der Waals surface area contributed by atoms with E-state index < -0.39 is 0 Å². The van der Waals surface area contributed by atoms with Crippen LogP contribution in [0.15, 0.2) is 30.5 Å². The van der Waals surface area contributed by atoms with Crippen LogP contribution in [0.3, 0.4) is 0 Å². The van der Waals surface area contributed by atoms with Crippen LogP contribution in [0.1, 0.15) is 0 Å². The summed E-state index contributed by atoms with van der Waals surface area (Å²) in [5, 5.41) is 2.37. The summed E-state index contributed by atoms with van der Waals surface area (Å²) >= 11 is 0. The van der Waals surface area contributed by atoms with Gasteiger partial charge in [0.05, 0.1) is 6.20 Å². The molecule has 0 saturated heterocycles. The van der Waals surface area contributed by atoms with Crippen LogP contribution in [0.5, 0.6) is 0 Å². The number of nitrogens with one attached hydrogen (secondary N) is 1. The fraction of sp³-hybridized carbons (Fsp3) is 0. The van der Waals surface area contributed by atoms with E-state index in [1.807, 2.05) is 24.4 Å². The summed E-state index contributed by atoms with van der Waals surface area (Å²) < 4.78 is 0. The van der Waals surface area contributed by atoms with Gasteiger partial charge in [-0.05, 0) is 5.39 Å². The largest absolute Gasteiger partial charge is 0.359 e. The summed E-state index contributed by atoms with van der Waals surface area (Å²) in [5.41, 5.74) is 0. The minimum atomic E-state index is 1.15. The highest BCUT2D eigenvalue weighted by atomic mass is 14.6. The van der Waals surface area contributed by atoms with Crippen LogP contribution in [0.2, 0.25) is 0 Å². The lowest BCUT2D eigenvalue weighted by Crippen LogP contribution is -1.58. The van der Waals surface area contributed by atoms with Gasteiger partial charge in [0.1, 0.15) is 0 Å². The zero-order chi connectivity index (χ0) is 6.10. The molecule has 0 bridgehead atoms. The highest BCUT2D eigenvalue weighted by Crippen LogP contribution is 2.09. The van der Waals surface area contributed by atoms with Crippen molar-refractivity contribution in [2.45, 2.75) is 0 Å². The van der Waals surface area contributed by atoms with Gasteiger partial charge in [0.2, 0.25) is 0 Å². The molecule has 1 heterocycles. The Hall–Kier alpha value is -1.24. The smallest absolute Gasteiger partial charge is 0.0705 e. The van der Waals surface area contributed by atoms with E-state index in [1.54, 1.807) is 0 Å². The molecule has 0 aliphatic rings. The number of aromatic amines is 1. The third-order valence-corrected chi connectivity index (χ3v) is 1.40. The number of benzene rings is 1. The number of hydrogen-bond acceptors (Lipinski definition) is 0. The van der Waals surface area contributed by atoms with E-state index >= 15 is 0 Å². The van der Waals surface area contributed by atoms with Gasteiger partial charge in [0.15, 0.2) is 0 Å². The van der Waals surface area contributed by atoms with Crippen molar-refractivity contribution >= 4 is 10.8 Å². The zero-order valence-corrected chi connectivity index (χ0v) is 4.89. The van der Waals surface area contributed by atoms with Gasteiger partial charge in [-0.3, -0.25) is 0 Å². The summed E-state index contributed by atoms with van der Waals surface area (Å²) in [6.45, 7) is 0. The van der Waals surface area contributed by atoms with Crippen LogP contribution in [-0.4, -0.2) is 4.98 Å². The van der Waals surface area contributed by atoms with Gasteiger partial charge in [-0.2, -0.15) is 0 Å². The monoisotopic (exact) mass is 116 g/mol. The van der Waals surface area contributed by atoms with E-state index in [4.69, 9.17) is 0 Å². The molecular weight excluding hydrogens is 110 g/mol. The molecule has 0 unspecified atom stereocenters. The molecule has 1 aromatic carbocycles. The maximum atomic E-state index is 2.99. The zero-order valence-electron chi connectivity index (χ0n) is 4.89. The molecule has 0 fully saturated rings. The predicted octanol–water partition coefficient (Wildman–Crippen LogP) is 1.97. The van der Waals surface area contributed by atoms with Gasteiger partial charge in [-0.1, -0.05) is 24.3 Å². The topological polar surface area (TPSA) is 15.8 Å². The Morgan fingerprint density at radius 3 is 3.00 bits per heavy atom. The molecule has 0 atom stereocenters. The first-order chi connectivity index (χ1) is 4.47. The Morgan fingerprint density at radius 2 is 2.11 bits per heavy atom. The molecular formula is C8H6N. The molecule has 1 heteroatoms. The van der Waals surface area contributed by atoms with E-state index in [0.29, 0.717) is 0 Å². The quantitative estimate of drug-likeness (QED) is 0.541. The number of H-pyrrole nitrogens is 1. The normalized spacial score (nSPS) is 10.2. The SMILES string of the molecule is [c]1[nH]cc2ccccc12. The molecule has 1 nitrogen and oxygen atoms in total. The van der Waals surface area contributed by atoms with Crippen molar-refractivity contribution in [1.29, 1.82) is 0 Å². The summed E-state index contributed by atoms with van der Waals surface area (Å²) in [6, 6.07) is 8.12. The van der Waals surface area contributed by atoms with Crippen molar-refractivity contribution in [2.24, 2.45) is 0 Å². The molecule has 9 heavy (non-hydrogen) atoms. The first-order valence-corrected chi connectivity index (χ1v) is 2.90. The molecule has 0 aliphatic carbocycles. The lowest BCUT2D eigenvalue weighted by atomic mass is 10.2.